The van der Waals surface area contributed by atoms with Gasteiger partial charge in [-0.2, -0.15) is 5.10 Å². The van der Waals surface area contributed by atoms with E-state index in [9.17, 15) is 8.42 Å². The molecule has 2 heterocycles. The van der Waals surface area contributed by atoms with Gasteiger partial charge < -0.3 is 5.32 Å². The van der Waals surface area contributed by atoms with Crippen LogP contribution in [0.15, 0.2) is 72.0 Å². The van der Waals surface area contributed by atoms with Crippen LogP contribution in [0.2, 0.25) is 0 Å². The molecular weight excluding hydrogens is 388 g/mol. The molecule has 2 aromatic carbocycles. The van der Waals surface area contributed by atoms with Crippen molar-refractivity contribution in [2.24, 2.45) is 0 Å². The van der Waals surface area contributed by atoms with Crippen LogP contribution in [0.25, 0.3) is 16.9 Å². The van der Waals surface area contributed by atoms with Crippen LogP contribution in [0.1, 0.15) is 5.82 Å². The van der Waals surface area contributed by atoms with Gasteiger partial charge in [-0.25, -0.2) is 28.1 Å². The van der Waals surface area contributed by atoms with Crippen LogP contribution < -0.4 is 5.32 Å². The zero-order valence-corrected chi connectivity index (χ0v) is 16.6. The third-order valence-corrected chi connectivity index (χ3v) is 5.32. The SMILES string of the molecule is Cc1ncn(-c2ccc(Nc3nccc(-c4cccc(S(C)(=O)=O)c4)n3)cc2)n1. The molecule has 4 rings (SSSR count). The smallest absolute Gasteiger partial charge is 0.227 e. The van der Waals surface area contributed by atoms with Crippen molar-refractivity contribution in [1.82, 2.24) is 24.7 Å². The summed E-state index contributed by atoms with van der Waals surface area (Å²) in [5.41, 5.74) is 3.04. The number of aryl methyl sites for hydroxylation is 1. The molecule has 0 unspecified atom stereocenters. The molecule has 146 valence electrons. The Balaban J connectivity index is 1.57. The van der Waals surface area contributed by atoms with Crippen molar-refractivity contribution in [2.75, 3.05) is 11.6 Å². The number of anilines is 2. The average molecular weight is 406 g/mol. The van der Waals surface area contributed by atoms with E-state index < -0.39 is 9.84 Å². The fourth-order valence-corrected chi connectivity index (χ4v) is 3.43. The Morgan fingerprint density at radius 1 is 1.00 bits per heavy atom. The molecule has 2 aromatic heterocycles. The van der Waals surface area contributed by atoms with Gasteiger partial charge in [0.25, 0.3) is 0 Å². The molecule has 0 aliphatic rings. The number of hydrogen-bond donors (Lipinski definition) is 1. The van der Waals surface area contributed by atoms with Gasteiger partial charge in [0, 0.05) is 23.7 Å². The molecule has 4 aromatic rings. The minimum Gasteiger partial charge on any atom is -0.324 e. The molecule has 0 aliphatic carbocycles. The van der Waals surface area contributed by atoms with Crippen molar-refractivity contribution < 1.29 is 8.42 Å². The van der Waals surface area contributed by atoms with Crippen molar-refractivity contribution in [3.8, 4) is 16.9 Å². The lowest BCUT2D eigenvalue weighted by atomic mass is 10.1. The zero-order chi connectivity index (χ0) is 20.4. The first-order valence-corrected chi connectivity index (χ1v) is 10.7. The molecule has 0 spiro atoms. The van der Waals surface area contributed by atoms with Gasteiger partial charge in [-0.05, 0) is 49.4 Å². The van der Waals surface area contributed by atoms with Crippen LogP contribution in [-0.2, 0) is 9.84 Å². The molecule has 1 N–H and O–H groups in total. The summed E-state index contributed by atoms with van der Waals surface area (Å²) in [5, 5.41) is 7.44. The van der Waals surface area contributed by atoms with Gasteiger partial charge >= 0.3 is 0 Å². The summed E-state index contributed by atoms with van der Waals surface area (Å²) in [4.78, 5) is 13.1. The van der Waals surface area contributed by atoms with E-state index in [0.717, 1.165) is 11.4 Å². The fourth-order valence-electron chi connectivity index (χ4n) is 2.76. The summed E-state index contributed by atoms with van der Waals surface area (Å²) in [6.07, 6.45) is 4.47. The molecule has 0 saturated heterocycles. The number of nitrogens with zero attached hydrogens (tertiary/aromatic N) is 5. The first-order chi connectivity index (χ1) is 13.9. The maximum Gasteiger partial charge on any atom is 0.227 e. The van der Waals surface area contributed by atoms with Crippen LogP contribution in [-0.4, -0.2) is 39.4 Å². The summed E-state index contributed by atoms with van der Waals surface area (Å²) in [6.45, 7) is 1.84. The maximum atomic E-state index is 11.8. The summed E-state index contributed by atoms with van der Waals surface area (Å²) in [6, 6.07) is 16.0. The van der Waals surface area contributed by atoms with Gasteiger partial charge in [0.15, 0.2) is 9.84 Å². The van der Waals surface area contributed by atoms with E-state index in [1.54, 1.807) is 41.5 Å². The molecule has 9 heteroatoms. The van der Waals surface area contributed by atoms with E-state index in [1.165, 1.54) is 6.26 Å². The Morgan fingerprint density at radius 2 is 1.79 bits per heavy atom. The average Bonchev–Trinajstić information content (AvgIpc) is 3.15. The molecule has 0 atom stereocenters. The highest BCUT2D eigenvalue weighted by molar-refractivity contribution is 7.90. The summed E-state index contributed by atoms with van der Waals surface area (Å²) < 4.78 is 25.3. The largest absolute Gasteiger partial charge is 0.324 e. The van der Waals surface area contributed by atoms with Gasteiger partial charge in [-0.3, -0.25) is 0 Å². The van der Waals surface area contributed by atoms with Gasteiger partial charge in [0.05, 0.1) is 16.3 Å². The van der Waals surface area contributed by atoms with Gasteiger partial charge in [-0.15, -0.1) is 0 Å². The highest BCUT2D eigenvalue weighted by Gasteiger charge is 2.10. The third-order valence-electron chi connectivity index (χ3n) is 4.21. The summed E-state index contributed by atoms with van der Waals surface area (Å²) in [7, 11) is -3.29. The molecule has 0 saturated carbocycles. The predicted octanol–water partition coefficient (Wildman–Crippen LogP) is 3.18. The fraction of sp³-hybridized carbons (Fsp3) is 0.100. The summed E-state index contributed by atoms with van der Waals surface area (Å²) >= 11 is 0. The van der Waals surface area contributed by atoms with E-state index in [2.05, 4.69) is 25.4 Å². The van der Waals surface area contributed by atoms with Crippen molar-refractivity contribution in [3.05, 3.63) is 72.9 Å². The number of aromatic nitrogens is 5. The van der Waals surface area contributed by atoms with E-state index in [-0.39, 0.29) is 4.90 Å². The number of sulfone groups is 1. The number of benzene rings is 2. The molecule has 29 heavy (non-hydrogen) atoms. The minimum atomic E-state index is -3.29. The van der Waals surface area contributed by atoms with E-state index in [0.29, 0.717) is 23.0 Å². The van der Waals surface area contributed by atoms with Crippen molar-refractivity contribution in [2.45, 2.75) is 11.8 Å². The number of hydrogen-bond acceptors (Lipinski definition) is 7. The van der Waals surface area contributed by atoms with Crippen LogP contribution in [0, 0.1) is 6.92 Å². The number of nitrogens with one attached hydrogen (secondary N) is 1. The van der Waals surface area contributed by atoms with Gasteiger partial charge in [-0.1, -0.05) is 12.1 Å². The molecule has 0 amide bonds. The second-order valence-corrected chi connectivity index (χ2v) is 8.49. The quantitative estimate of drug-likeness (QED) is 0.543. The van der Waals surface area contributed by atoms with Crippen molar-refractivity contribution >= 4 is 21.5 Å². The van der Waals surface area contributed by atoms with E-state index >= 15 is 0 Å². The van der Waals surface area contributed by atoms with Gasteiger partial charge in [0.1, 0.15) is 12.2 Å². The van der Waals surface area contributed by atoms with Crippen LogP contribution in [0.3, 0.4) is 0 Å². The van der Waals surface area contributed by atoms with Crippen LogP contribution in [0.4, 0.5) is 11.6 Å². The molecular formula is C20H18N6O2S. The summed E-state index contributed by atoms with van der Waals surface area (Å²) in [5.74, 6) is 1.12. The maximum absolute atomic E-state index is 11.8. The second-order valence-electron chi connectivity index (χ2n) is 6.47. The third kappa shape index (κ3) is 4.30. The molecule has 8 nitrogen and oxygen atoms in total. The lowest BCUT2D eigenvalue weighted by molar-refractivity contribution is 0.602. The Bertz CT molecular complexity index is 1270. The monoisotopic (exact) mass is 406 g/mol. The van der Waals surface area contributed by atoms with E-state index in [1.807, 2.05) is 37.3 Å². The van der Waals surface area contributed by atoms with Crippen molar-refractivity contribution in [3.63, 3.8) is 0 Å². The molecule has 0 aliphatic heterocycles. The van der Waals surface area contributed by atoms with Crippen LogP contribution in [0.5, 0.6) is 0 Å². The highest BCUT2D eigenvalue weighted by atomic mass is 32.2. The van der Waals surface area contributed by atoms with E-state index in [4.69, 9.17) is 0 Å². The Hall–Kier alpha value is -3.59. The first-order valence-electron chi connectivity index (χ1n) is 8.78. The lowest BCUT2D eigenvalue weighted by Gasteiger charge is -2.08. The topological polar surface area (TPSA) is 103 Å². The Morgan fingerprint density at radius 3 is 2.48 bits per heavy atom. The normalized spacial score (nSPS) is 11.4. The lowest BCUT2D eigenvalue weighted by Crippen LogP contribution is -2.00. The minimum absolute atomic E-state index is 0.252. The van der Waals surface area contributed by atoms with Crippen molar-refractivity contribution in [1.29, 1.82) is 0 Å². The zero-order valence-electron chi connectivity index (χ0n) is 15.8. The Kier molecular flexibility index (Phi) is 4.81. The second kappa shape index (κ2) is 7.44. The molecule has 0 fully saturated rings. The molecule has 0 bridgehead atoms. The Labute approximate surface area is 168 Å². The van der Waals surface area contributed by atoms with Gasteiger partial charge in [0.2, 0.25) is 5.95 Å². The first kappa shape index (κ1) is 18.8. The molecule has 0 radical (unpaired) electrons. The van der Waals surface area contributed by atoms with Crippen LogP contribution >= 0.6 is 0 Å². The standard InChI is InChI=1S/C20H18N6O2S/c1-14-22-13-26(25-14)17-8-6-16(7-9-17)23-20-21-11-10-19(24-20)15-4-3-5-18(12-15)29(2,27)28/h3-13H,1-2H3,(H,21,23,24). The number of rotatable bonds is 5. The predicted molar refractivity (Wildman–Crippen MR) is 110 cm³/mol. The highest BCUT2D eigenvalue weighted by Crippen LogP contribution is 2.22.